The van der Waals surface area contributed by atoms with E-state index in [-0.39, 0.29) is 0 Å². The molecule has 0 fully saturated rings. The standard InChI is InChI=1S/C13H20IN/c1-10(2)12(9-15-3)8-11-4-6-13(14)7-5-11/h4-7,10,12,15H,8-9H2,1-3H3. The van der Waals surface area contributed by atoms with E-state index in [1.54, 1.807) is 0 Å². The fraction of sp³-hybridized carbons (Fsp3) is 0.538. The Balaban J connectivity index is 2.61. The summed E-state index contributed by atoms with van der Waals surface area (Å²) < 4.78 is 1.31. The number of rotatable bonds is 5. The lowest BCUT2D eigenvalue weighted by molar-refractivity contribution is 0.370. The molecule has 0 aliphatic rings. The van der Waals surface area contributed by atoms with Gasteiger partial charge in [-0.1, -0.05) is 26.0 Å². The molecule has 0 saturated carbocycles. The second-order valence-corrected chi connectivity index (χ2v) is 5.64. The zero-order chi connectivity index (χ0) is 11.3. The van der Waals surface area contributed by atoms with Crippen molar-refractivity contribution >= 4 is 22.6 Å². The third-order valence-corrected chi connectivity index (χ3v) is 3.54. The van der Waals surface area contributed by atoms with Crippen LogP contribution in [0.5, 0.6) is 0 Å². The van der Waals surface area contributed by atoms with E-state index < -0.39 is 0 Å². The first-order valence-corrected chi connectivity index (χ1v) is 6.60. The van der Waals surface area contributed by atoms with Crippen LogP contribution in [0.4, 0.5) is 0 Å². The van der Waals surface area contributed by atoms with Crippen LogP contribution in [-0.2, 0) is 6.42 Å². The van der Waals surface area contributed by atoms with Gasteiger partial charge < -0.3 is 5.32 Å². The van der Waals surface area contributed by atoms with Gasteiger partial charge in [-0.05, 0) is 72.1 Å². The molecule has 1 N–H and O–H groups in total. The zero-order valence-corrected chi connectivity index (χ0v) is 11.9. The van der Waals surface area contributed by atoms with Crippen molar-refractivity contribution in [3.8, 4) is 0 Å². The van der Waals surface area contributed by atoms with Gasteiger partial charge in [-0.2, -0.15) is 0 Å². The van der Waals surface area contributed by atoms with E-state index in [9.17, 15) is 0 Å². The topological polar surface area (TPSA) is 12.0 Å². The van der Waals surface area contributed by atoms with Crippen LogP contribution < -0.4 is 5.32 Å². The van der Waals surface area contributed by atoms with Crippen LogP contribution in [-0.4, -0.2) is 13.6 Å². The van der Waals surface area contributed by atoms with E-state index in [0.29, 0.717) is 0 Å². The Kier molecular flexibility index (Phi) is 5.61. The van der Waals surface area contributed by atoms with Crippen LogP contribution in [0.1, 0.15) is 19.4 Å². The molecule has 1 aromatic rings. The highest BCUT2D eigenvalue weighted by Crippen LogP contribution is 2.17. The Hall–Kier alpha value is -0.0900. The molecular formula is C13H20IN. The molecule has 0 bridgehead atoms. The lowest BCUT2D eigenvalue weighted by Crippen LogP contribution is -2.25. The lowest BCUT2D eigenvalue weighted by atomic mass is 9.89. The van der Waals surface area contributed by atoms with Gasteiger partial charge in [-0.15, -0.1) is 0 Å². The van der Waals surface area contributed by atoms with Gasteiger partial charge in [0, 0.05) is 3.57 Å². The average molecular weight is 317 g/mol. The largest absolute Gasteiger partial charge is 0.319 e. The van der Waals surface area contributed by atoms with Gasteiger partial charge in [0.2, 0.25) is 0 Å². The summed E-state index contributed by atoms with van der Waals surface area (Å²) in [5.74, 6) is 1.46. The van der Waals surface area contributed by atoms with Crippen molar-refractivity contribution in [2.75, 3.05) is 13.6 Å². The predicted molar refractivity (Wildman–Crippen MR) is 75.1 cm³/mol. The van der Waals surface area contributed by atoms with Gasteiger partial charge in [0.05, 0.1) is 0 Å². The normalized spacial score (nSPS) is 13.1. The summed E-state index contributed by atoms with van der Waals surface area (Å²) in [6.45, 7) is 5.70. The molecule has 0 aromatic heterocycles. The Morgan fingerprint density at radius 3 is 2.27 bits per heavy atom. The van der Waals surface area contributed by atoms with Crippen molar-refractivity contribution in [3.63, 3.8) is 0 Å². The summed E-state index contributed by atoms with van der Waals surface area (Å²) in [6, 6.07) is 8.86. The first-order valence-electron chi connectivity index (χ1n) is 5.52. The highest BCUT2D eigenvalue weighted by Gasteiger charge is 2.12. The molecule has 2 heteroatoms. The minimum atomic E-state index is 0.732. The van der Waals surface area contributed by atoms with Gasteiger partial charge in [-0.3, -0.25) is 0 Å². The van der Waals surface area contributed by atoms with Gasteiger partial charge >= 0.3 is 0 Å². The maximum absolute atomic E-state index is 3.28. The zero-order valence-electron chi connectivity index (χ0n) is 9.76. The van der Waals surface area contributed by atoms with Crippen molar-refractivity contribution in [2.24, 2.45) is 11.8 Å². The summed E-state index contributed by atoms with van der Waals surface area (Å²) in [4.78, 5) is 0. The van der Waals surface area contributed by atoms with Crippen molar-refractivity contribution < 1.29 is 0 Å². The number of hydrogen-bond acceptors (Lipinski definition) is 1. The molecule has 0 radical (unpaired) electrons. The van der Waals surface area contributed by atoms with Crippen molar-refractivity contribution in [1.82, 2.24) is 5.32 Å². The lowest BCUT2D eigenvalue weighted by Gasteiger charge is -2.20. The minimum Gasteiger partial charge on any atom is -0.319 e. The van der Waals surface area contributed by atoms with E-state index >= 15 is 0 Å². The summed E-state index contributed by atoms with van der Waals surface area (Å²) in [6.07, 6.45) is 1.18. The monoisotopic (exact) mass is 317 g/mol. The average Bonchev–Trinajstić information content (AvgIpc) is 2.20. The minimum absolute atomic E-state index is 0.732. The van der Waals surface area contributed by atoms with Crippen LogP contribution in [0.15, 0.2) is 24.3 Å². The predicted octanol–water partition coefficient (Wildman–Crippen LogP) is 3.33. The Labute approximate surface area is 107 Å². The highest BCUT2D eigenvalue weighted by molar-refractivity contribution is 14.1. The molecule has 0 aliphatic heterocycles. The van der Waals surface area contributed by atoms with Crippen molar-refractivity contribution in [2.45, 2.75) is 20.3 Å². The molecular weight excluding hydrogens is 297 g/mol. The SMILES string of the molecule is CNCC(Cc1ccc(I)cc1)C(C)C. The number of nitrogens with one attached hydrogen (secondary N) is 1. The molecule has 84 valence electrons. The smallest absolute Gasteiger partial charge is 0.0130 e. The van der Waals surface area contributed by atoms with E-state index in [1.807, 2.05) is 7.05 Å². The van der Waals surface area contributed by atoms with Gasteiger partial charge in [0.1, 0.15) is 0 Å². The first-order chi connectivity index (χ1) is 7.13. The van der Waals surface area contributed by atoms with Crippen molar-refractivity contribution in [1.29, 1.82) is 0 Å². The molecule has 1 nitrogen and oxygen atoms in total. The van der Waals surface area contributed by atoms with E-state index in [1.165, 1.54) is 15.6 Å². The molecule has 1 rings (SSSR count). The van der Waals surface area contributed by atoms with Crippen LogP contribution in [0.25, 0.3) is 0 Å². The molecule has 0 heterocycles. The number of benzene rings is 1. The summed E-state index contributed by atoms with van der Waals surface area (Å²) in [7, 11) is 2.03. The Bertz CT molecular complexity index is 279. The second kappa shape index (κ2) is 6.48. The molecule has 15 heavy (non-hydrogen) atoms. The first kappa shape index (κ1) is 13.0. The molecule has 0 saturated heterocycles. The molecule has 0 amide bonds. The van der Waals surface area contributed by atoms with E-state index in [2.05, 4.69) is 66.0 Å². The molecule has 0 spiro atoms. The molecule has 1 atom stereocenters. The number of halogens is 1. The Morgan fingerprint density at radius 1 is 1.20 bits per heavy atom. The highest BCUT2D eigenvalue weighted by atomic mass is 127. The summed E-state index contributed by atoms with van der Waals surface area (Å²) in [5, 5.41) is 3.28. The third-order valence-electron chi connectivity index (χ3n) is 2.82. The van der Waals surface area contributed by atoms with E-state index in [0.717, 1.165) is 18.4 Å². The third kappa shape index (κ3) is 4.51. The van der Waals surface area contributed by atoms with E-state index in [4.69, 9.17) is 0 Å². The second-order valence-electron chi connectivity index (χ2n) is 4.39. The fourth-order valence-electron chi connectivity index (χ4n) is 1.73. The van der Waals surface area contributed by atoms with Crippen LogP contribution in [0.3, 0.4) is 0 Å². The summed E-state index contributed by atoms with van der Waals surface area (Å²) in [5.41, 5.74) is 1.45. The van der Waals surface area contributed by atoms with Gasteiger partial charge in [0.15, 0.2) is 0 Å². The van der Waals surface area contributed by atoms with Gasteiger partial charge in [-0.25, -0.2) is 0 Å². The molecule has 1 unspecified atom stereocenters. The van der Waals surface area contributed by atoms with Gasteiger partial charge in [0.25, 0.3) is 0 Å². The summed E-state index contributed by atoms with van der Waals surface area (Å²) >= 11 is 2.35. The van der Waals surface area contributed by atoms with Crippen LogP contribution in [0, 0.1) is 15.4 Å². The maximum Gasteiger partial charge on any atom is 0.0130 e. The molecule has 1 aromatic carbocycles. The quantitative estimate of drug-likeness (QED) is 0.822. The fourth-order valence-corrected chi connectivity index (χ4v) is 2.09. The number of hydrogen-bond donors (Lipinski definition) is 1. The van der Waals surface area contributed by atoms with Crippen molar-refractivity contribution in [3.05, 3.63) is 33.4 Å². The maximum atomic E-state index is 3.28. The molecule has 0 aliphatic carbocycles. The Morgan fingerprint density at radius 2 is 1.80 bits per heavy atom. The van der Waals surface area contributed by atoms with Crippen LogP contribution >= 0.6 is 22.6 Å². The van der Waals surface area contributed by atoms with Crippen LogP contribution in [0.2, 0.25) is 0 Å².